The Bertz CT molecular complexity index is 539. The maximum atomic E-state index is 5.20. The van der Waals surface area contributed by atoms with Gasteiger partial charge in [0.1, 0.15) is 5.75 Å². The van der Waals surface area contributed by atoms with Crippen LogP contribution < -0.4 is 9.64 Å². The van der Waals surface area contributed by atoms with Gasteiger partial charge in [0.15, 0.2) is 0 Å². The number of piperidine rings is 1. The van der Waals surface area contributed by atoms with E-state index in [-0.39, 0.29) is 0 Å². The van der Waals surface area contributed by atoms with Crippen LogP contribution in [0.4, 0.5) is 5.69 Å². The van der Waals surface area contributed by atoms with Crippen LogP contribution in [-0.2, 0) is 0 Å². The lowest BCUT2D eigenvalue weighted by molar-refractivity contribution is 0.415. The highest BCUT2D eigenvalue weighted by molar-refractivity contribution is 5.67. The third-order valence-corrected chi connectivity index (χ3v) is 4.01. The summed E-state index contributed by atoms with van der Waals surface area (Å²) in [7, 11) is 1.70. The van der Waals surface area contributed by atoms with E-state index in [1.54, 1.807) is 7.11 Å². The Balaban J connectivity index is 1.77. The van der Waals surface area contributed by atoms with Crippen LogP contribution in [0.3, 0.4) is 0 Å². The van der Waals surface area contributed by atoms with Crippen LogP contribution in [0, 0.1) is 0 Å². The van der Waals surface area contributed by atoms with Crippen molar-refractivity contribution in [3.63, 3.8) is 0 Å². The van der Waals surface area contributed by atoms with Gasteiger partial charge in [-0.3, -0.25) is 0 Å². The van der Waals surface area contributed by atoms with Crippen LogP contribution >= 0.6 is 0 Å². The van der Waals surface area contributed by atoms with Gasteiger partial charge in [0.05, 0.1) is 7.11 Å². The largest absolute Gasteiger partial charge is 0.497 e. The fourth-order valence-electron chi connectivity index (χ4n) is 2.80. The summed E-state index contributed by atoms with van der Waals surface area (Å²) in [6.07, 6.45) is 4.01. The summed E-state index contributed by atoms with van der Waals surface area (Å²) in [5.74, 6) is 0.902. The zero-order valence-electron chi connectivity index (χ0n) is 12.0. The van der Waals surface area contributed by atoms with Crippen LogP contribution in [0.25, 0.3) is 11.1 Å². The molecular weight excluding hydrogens is 246 g/mol. The van der Waals surface area contributed by atoms with Crippen molar-refractivity contribution in [2.45, 2.75) is 19.3 Å². The van der Waals surface area contributed by atoms with E-state index < -0.39 is 0 Å². The number of nitrogens with zero attached hydrogens (tertiary/aromatic N) is 1. The first kappa shape index (κ1) is 13.0. The Hall–Kier alpha value is -1.96. The molecule has 104 valence electrons. The molecule has 0 radical (unpaired) electrons. The lowest BCUT2D eigenvalue weighted by atomic mass is 10.0. The van der Waals surface area contributed by atoms with E-state index in [2.05, 4.69) is 41.3 Å². The SMILES string of the molecule is COc1ccc(-c2ccc(N3CCCCC3)cc2)cc1. The predicted octanol–water partition coefficient (Wildman–Crippen LogP) is 4.35. The van der Waals surface area contributed by atoms with Crippen molar-refractivity contribution < 1.29 is 4.74 Å². The minimum atomic E-state index is 0.902. The summed E-state index contributed by atoms with van der Waals surface area (Å²) in [6.45, 7) is 2.39. The number of ether oxygens (including phenoxy) is 1. The Morgan fingerprint density at radius 2 is 1.30 bits per heavy atom. The first-order chi connectivity index (χ1) is 9.86. The molecule has 0 unspecified atom stereocenters. The summed E-state index contributed by atoms with van der Waals surface area (Å²) in [5.41, 5.74) is 3.84. The molecule has 0 aromatic heterocycles. The first-order valence-corrected chi connectivity index (χ1v) is 7.36. The van der Waals surface area contributed by atoms with Gasteiger partial charge < -0.3 is 9.64 Å². The summed E-state index contributed by atoms with van der Waals surface area (Å²) in [4.78, 5) is 2.49. The Morgan fingerprint density at radius 3 is 1.85 bits per heavy atom. The molecule has 2 nitrogen and oxygen atoms in total. The average Bonchev–Trinajstić information content (AvgIpc) is 2.56. The minimum Gasteiger partial charge on any atom is -0.497 e. The molecule has 1 fully saturated rings. The van der Waals surface area contributed by atoms with Crippen molar-refractivity contribution in [1.82, 2.24) is 0 Å². The zero-order valence-corrected chi connectivity index (χ0v) is 12.0. The third kappa shape index (κ3) is 2.79. The van der Waals surface area contributed by atoms with E-state index in [1.165, 1.54) is 49.2 Å². The summed E-state index contributed by atoms with van der Waals surface area (Å²) < 4.78 is 5.20. The molecular formula is C18H21NO. The van der Waals surface area contributed by atoms with Gasteiger partial charge in [0.25, 0.3) is 0 Å². The molecule has 0 atom stereocenters. The molecule has 0 N–H and O–H groups in total. The standard InChI is InChI=1S/C18H21NO/c1-20-18-11-7-16(8-12-18)15-5-9-17(10-6-15)19-13-3-2-4-14-19/h5-12H,2-4,13-14H2,1H3. The molecule has 2 aromatic rings. The van der Waals surface area contributed by atoms with Crippen molar-refractivity contribution >= 4 is 5.69 Å². The van der Waals surface area contributed by atoms with Crippen molar-refractivity contribution in [3.8, 4) is 16.9 Å². The Labute approximate surface area is 121 Å². The highest BCUT2D eigenvalue weighted by atomic mass is 16.5. The normalized spacial score (nSPS) is 15.2. The number of rotatable bonds is 3. The second-order valence-corrected chi connectivity index (χ2v) is 5.32. The maximum Gasteiger partial charge on any atom is 0.118 e. The number of benzene rings is 2. The van der Waals surface area contributed by atoms with Gasteiger partial charge in [0, 0.05) is 18.8 Å². The maximum absolute atomic E-state index is 5.20. The molecule has 0 saturated carbocycles. The molecule has 20 heavy (non-hydrogen) atoms. The summed E-state index contributed by atoms with van der Waals surface area (Å²) >= 11 is 0. The van der Waals surface area contributed by atoms with Crippen molar-refractivity contribution in [2.75, 3.05) is 25.1 Å². The Kier molecular flexibility index (Phi) is 3.91. The third-order valence-electron chi connectivity index (χ3n) is 4.01. The second kappa shape index (κ2) is 6.00. The van der Waals surface area contributed by atoms with Crippen LogP contribution in [-0.4, -0.2) is 20.2 Å². The monoisotopic (exact) mass is 267 g/mol. The van der Waals surface area contributed by atoms with Crippen LogP contribution in [0.1, 0.15) is 19.3 Å². The molecule has 0 aliphatic carbocycles. The quantitative estimate of drug-likeness (QED) is 0.819. The van der Waals surface area contributed by atoms with Gasteiger partial charge in [-0.2, -0.15) is 0 Å². The first-order valence-electron chi connectivity index (χ1n) is 7.36. The van der Waals surface area contributed by atoms with Gasteiger partial charge in [-0.05, 0) is 54.7 Å². The molecule has 1 saturated heterocycles. The highest BCUT2D eigenvalue weighted by Crippen LogP contribution is 2.26. The molecule has 2 heteroatoms. The van der Waals surface area contributed by atoms with E-state index in [4.69, 9.17) is 4.74 Å². The van der Waals surface area contributed by atoms with Gasteiger partial charge in [-0.25, -0.2) is 0 Å². The molecule has 1 aliphatic rings. The molecule has 1 heterocycles. The number of hydrogen-bond donors (Lipinski definition) is 0. The fourth-order valence-corrected chi connectivity index (χ4v) is 2.80. The molecule has 0 bridgehead atoms. The van der Waals surface area contributed by atoms with Gasteiger partial charge in [-0.1, -0.05) is 24.3 Å². The fraction of sp³-hybridized carbons (Fsp3) is 0.333. The van der Waals surface area contributed by atoms with E-state index in [0.717, 1.165) is 5.75 Å². The van der Waals surface area contributed by atoms with Gasteiger partial charge in [-0.15, -0.1) is 0 Å². The number of hydrogen-bond acceptors (Lipinski definition) is 2. The van der Waals surface area contributed by atoms with Crippen LogP contribution in [0.5, 0.6) is 5.75 Å². The summed E-state index contributed by atoms with van der Waals surface area (Å²) in [5, 5.41) is 0. The highest BCUT2D eigenvalue weighted by Gasteiger charge is 2.10. The van der Waals surface area contributed by atoms with Gasteiger partial charge >= 0.3 is 0 Å². The van der Waals surface area contributed by atoms with Crippen molar-refractivity contribution in [2.24, 2.45) is 0 Å². The van der Waals surface area contributed by atoms with Crippen LogP contribution in [0.15, 0.2) is 48.5 Å². The smallest absolute Gasteiger partial charge is 0.118 e. The molecule has 0 amide bonds. The predicted molar refractivity (Wildman–Crippen MR) is 84.5 cm³/mol. The van der Waals surface area contributed by atoms with E-state index >= 15 is 0 Å². The van der Waals surface area contributed by atoms with Gasteiger partial charge in [0.2, 0.25) is 0 Å². The number of anilines is 1. The van der Waals surface area contributed by atoms with E-state index in [0.29, 0.717) is 0 Å². The molecule has 0 spiro atoms. The van der Waals surface area contributed by atoms with Crippen molar-refractivity contribution in [3.05, 3.63) is 48.5 Å². The average molecular weight is 267 g/mol. The molecule has 1 aliphatic heterocycles. The lowest BCUT2D eigenvalue weighted by Gasteiger charge is -2.28. The molecule has 3 rings (SSSR count). The Morgan fingerprint density at radius 1 is 0.750 bits per heavy atom. The summed E-state index contributed by atoms with van der Waals surface area (Å²) in [6, 6.07) is 17.1. The zero-order chi connectivity index (χ0) is 13.8. The van der Waals surface area contributed by atoms with E-state index in [9.17, 15) is 0 Å². The van der Waals surface area contributed by atoms with E-state index in [1.807, 2.05) is 12.1 Å². The van der Waals surface area contributed by atoms with Crippen molar-refractivity contribution in [1.29, 1.82) is 0 Å². The second-order valence-electron chi connectivity index (χ2n) is 5.32. The number of methoxy groups -OCH3 is 1. The van der Waals surface area contributed by atoms with Crippen LogP contribution in [0.2, 0.25) is 0 Å². The topological polar surface area (TPSA) is 12.5 Å². The lowest BCUT2D eigenvalue weighted by Crippen LogP contribution is -2.29. The molecule has 2 aromatic carbocycles. The minimum absolute atomic E-state index is 0.902.